The SMILES string of the molecule is CN(CCNC(=O)N1CC(C)(OCC(=O)O)C1)C1CC1. The van der Waals surface area contributed by atoms with Crippen molar-refractivity contribution in [2.24, 2.45) is 0 Å². The molecule has 2 N–H and O–H groups in total. The molecule has 114 valence electrons. The monoisotopic (exact) mass is 285 g/mol. The van der Waals surface area contributed by atoms with Gasteiger partial charge in [0.05, 0.1) is 13.1 Å². The summed E-state index contributed by atoms with van der Waals surface area (Å²) < 4.78 is 5.26. The Morgan fingerprint density at radius 2 is 2.10 bits per heavy atom. The molecular formula is C13H23N3O4. The largest absolute Gasteiger partial charge is 0.480 e. The van der Waals surface area contributed by atoms with E-state index in [9.17, 15) is 9.59 Å². The van der Waals surface area contributed by atoms with E-state index in [1.165, 1.54) is 12.8 Å². The van der Waals surface area contributed by atoms with Crippen molar-refractivity contribution in [2.45, 2.75) is 31.4 Å². The Kier molecular flexibility index (Phi) is 4.49. The highest BCUT2D eigenvalue weighted by atomic mass is 16.5. The first kappa shape index (κ1) is 15.1. The molecule has 2 rings (SSSR count). The number of likely N-dealkylation sites (N-methyl/N-ethyl adjacent to an activating group) is 1. The molecule has 7 heteroatoms. The van der Waals surface area contributed by atoms with Crippen LogP contribution in [0.25, 0.3) is 0 Å². The minimum absolute atomic E-state index is 0.106. The number of hydrogen-bond acceptors (Lipinski definition) is 4. The van der Waals surface area contributed by atoms with Crippen LogP contribution < -0.4 is 5.32 Å². The Balaban J connectivity index is 1.59. The average Bonchev–Trinajstić information content (AvgIpc) is 3.16. The highest BCUT2D eigenvalue weighted by molar-refractivity contribution is 5.75. The van der Waals surface area contributed by atoms with E-state index in [2.05, 4.69) is 17.3 Å². The molecule has 0 aromatic rings. The Morgan fingerprint density at radius 1 is 1.45 bits per heavy atom. The van der Waals surface area contributed by atoms with Crippen molar-refractivity contribution in [1.82, 2.24) is 15.1 Å². The molecule has 7 nitrogen and oxygen atoms in total. The first-order chi connectivity index (χ1) is 9.39. The molecule has 0 bridgehead atoms. The summed E-state index contributed by atoms with van der Waals surface area (Å²) in [5.41, 5.74) is -0.527. The highest BCUT2D eigenvalue weighted by Crippen LogP contribution is 2.25. The van der Waals surface area contributed by atoms with Gasteiger partial charge in [-0.1, -0.05) is 0 Å². The molecule has 1 heterocycles. The summed E-state index contributed by atoms with van der Waals surface area (Å²) >= 11 is 0. The van der Waals surface area contributed by atoms with Gasteiger partial charge in [0.1, 0.15) is 12.2 Å². The number of nitrogens with one attached hydrogen (secondary N) is 1. The summed E-state index contributed by atoms with van der Waals surface area (Å²) in [6.07, 6.45) is 2.52. The van der Waals surface area contributed by atoms with E-state index >= 15 is 0 Å². The van der Waals surface area contributed by atoms with E-state index in [4.69, 9.17) is 9.84 Å². The van der Waals surface area contributed by atoms with Gasteiger partial charge >= 0.3 is 12.0 Å². The number of carbonyl (C=O) groups excluding carboxylic acids is 1. The molecule has 0 atom stereocenters. The number of nitrogens with zero attached hydrogens (tertiary/aromatic N) is 2. The fraction of sp³-hybridized carbons (Fsp3) is 0.846. The van der Waals surface area contributed by atoms with Gasteiger partial charge in [0.25, 0.3) is 0 Å². The number of likely N-dealkylation sites (tertiary alicyclic amines) is 1. The number of ether oxygens (including phenoxy) is 1. The number of amides is 2. The van der Waals surface area contributed by atoms with Crippen LogP contribution in [0.3, 0.4) is 0 Å². The van der Waals surface area contributed by atoms with Crippen molar-refractivity contribution >= 4 is 12.0 Å². The lowest BCUT2D eigenvalue weighted by atomic mass is 9.97. The van der Waals surface area contributed by atoms with E-state index < -0.39 is 11.6 Å². The third-order valence-corrected chi connectivity index (χ3v) is 3.79. The maximum atomic E-state index is 11.8. The topological polar surface area (TPSA) is 82.1 Å². The summed E-state index contributed by atoms with van der Waals surface area (Å²) in [6.45, 7) is 3.86. The molecule has 2 aliphatic rings. The van der Waals surface area contributed by atoms with Gasteiger partial charge < -0.3 is 25.0 Å². The lowest BCUT2D eigenvalue weighted by Gasteiger charge is -2.47. The van der Waals surface area contributed by atoms with Crippen LogP contribution in [-0.4, -0.2) is 78.4 Å². The van der Waals surface area contributed by atoms with Crippen LogP contribution in [0.2, 0.25) is 0 Å². The van der Waals surface area contributed by atoms with Gasteiger partial charge in [0, 0.05) is 19.1 Å². The maximum Gasteiger partial charge on any atom is 0.329 e. The minimum Gasteiger partial charge on any atom is -0.480 e. The summed E-state index contributed by atoms with van der Waals surface area (Å²) in [4.78, 5) is 26.2. The third-order valence-electron chi connectivity index (χ3n) is 3.79. The summed E-state index contributed by atoms with van der Waals surface area (Å²) in [5.74, 6) is -0.989. The fourth-order valence-corrected chi connectivity index (χ4v) is 2.38. The Morgan fingerprint density at radius 3 is 2.65 bits per heavy atom. The van der Waals surface area contributed by atoms with E-state index in [0.717, 1.165) is 6.54 Å². The number of rotatable bonds is 7. The van der Waals surface area contributed by atoms with Crippen LogP contribution in [0.4, 0.5) is 4.79 Å². The van der Waals surface area contributed by atoms with Crippen molar-refractivity contribution in [3.05, 3.63) is 0 Å². The normalized spacial score (nSPS) is 20.6. The number of hydrogen-bond donors (Lipinski definition) is 2. The van der Waals surface area contributed by atoms with Crippen molar-refractivity contribution in [2.75, 3.05) is 39.8 Å². The van der Waals surface area contributed by atoms with Crippen molar-refractivity contribution in [3.63, 3.8) is 0 Å². The average molecular weight is 285 g/mol. The molecule has 0 aromatic carbocycles. The summed E-state index contributed by atoms with van der Waals surface area (Å²) in [6, 6.07) is 0.592. The van der Waals surface area contributed by atoms with Gasteiger partial charge in [-0.25, -0.2) is 9.59 Å². The number of carbonyl (C=O) groups is 2. The molecular weight excluding hydrogens is 262 g/mol. The Bertz CT molecular complexity index is 378. The molecule has 20 heavy (non-hydrogen) atoms. The molecule has 0 spiro atoms. The molecule has 0 aromatic heterocycles. The van der Waals surface area contributed by atoms with Gasteiger partial charge in [-0.2, -0.15) is 0 Å². The molecule has 1 aliphatic heterocycles. The Labute approximate surface area is 118 Å². The van der Waals surface area contributed by atoms with Crippen LogP contribution in [0, 0.1) is 0 Å². The quantitative estimate of drug-likeness (QED) is 0.686. The van der Waals surface area contributed by atoms with Gasteiger partial charge in [-0.15, -0.1) is 0 Å². The van der Waals surface area contributed by atoms with Gasteiger partial charge in [-0.3, -0.25) is 0 Å². The zero-order chi connectivity index (χ0) is 14.8. The van der Waals surface area contributed by atoms with Crippen LogP contribution >= 0.6 is 0 Å². The lowest BCUT2D eigenvalue weighted by Crippen LogP contribution is -2.65. The van der Waals surface area contributed by atoms with Crippen LogP contribution in [0.1, 0.15) is 19.8 Å². The molecule has 2 fully saturated rings. The van der Waals surface area contributed by atoms with Crippen LogP contribution in [0.5, 0.6) is 0 Å². The van der Waals surface area contributed by atoms with E-state index in [1.54, 1.807) is 4.90 Å². The second-order valence-electron chi connectivity index (χ2n) is 5.93. The molecule has 1 aliphatic carbocycles. The molecule has 0 radical (unpaired) electrons. The summed E-state index contributed by atoms with van der Waals surface area (Å²) in [5, 5.41) is 11.4. The number of aliphatic carboxylic acids is 1. The predicted molar refractivity (Wildman–Crippen MR) is 72.6 cm³/mol. The molecule has 0 unspecified atom stereocenters. The maximum absolute atomic E-state index is 11.8. The molecule has 1 saturated heterocycles. The number of carboxylic acids is 1. The number of urea groups is 1. The zero-order valence-electron chi connectivity index (χ0n) is 12.1. The van der Waals surface area contributed by atoms with E-state index in [-0.39, 0.29) is 12.6 Å². The smallest absolute Gasteiger partial charge is 0.329 e. The molecule has 2 amide bonds. The van der Waals surface area contributed by atoms with Gasteiger partial charge in [-0.05, 0) is 26.8 Å². The van der Waals surface area contributed by atoms with E-state index in [1.807, 2.05) is 6.92 Å². The highest BCUT2D eigenvalue weighted by Gasteiger charge is 2.42. The second kappa shape index (κ2) is 5.97. The summed E-state index contributed by atoms with van der Waals surface area (Å²) in [7, 11) is 2.07. The Hall–Kier alpha value is -1.34. The van der Waals surface area contributed by atoms with Crippen LogP contribution in [-0.2, 0) is 9.53 Å². The zero-order valence-corrected chi connectivity index (χ0v) is 12.1. The van der Waals surface area contributed by atoms with Crippen molar-refractivity contribution in [3.8, 4) is 0 Å². The number of carboxylic acid groups (broad SMARTS) is 1. The van der Waals surface area contributed by atoms with E-state index in [0.29, 0.717) is 25.7 Å². The van der Waals surface area contributed by atoms with Gasteiger partial charge in [0.15, 0.2) is 0 Å². The molecule has 1 saturated carbocycles. The van der Waals surface area contributed by atoms with Crippen molar-refractivity contribution in [1.29, 1.82) is 0 Å². The van der Waals surface area contributed by atoms with Crippen LogP contribution in [0.15, 0.2) is 0 Å². The lowest BCUT2D eigenvalue weighted by molar-refractivity contribution is -0.159. The second-order valence-corrected chi connectivity index (χ2v) is 5.93. The standard InChI is InChI=1S/C13H23N3O4/c1-13(20-7-11(17)18)8-16(9-13)12(19)14-5-6-15(2)10-3-4-10/h10H,3-9H2,1-2H3,(H,14,19)(H,17,18). The fourth-order valence-electron chi connectivity index (χ4n) is 2.38. The first-order valence-electron chi connectivity index (χ1n) is 6.98. The third kappa shape index (κ3) is 4.08. The minimum atomic E-state index is -0.989. The van der Waals surface area contributed by atoms with Crippen molar-refractivity contribution < 1.29 is 19.4 Å². The predicted octanol–water partition coefficient (Wildman–Crippen LogP) is -0.0343. The van der Waals surface area contributed by atoms with Gasteiger partial charge in [0.2, 0.25) is 0 Å². The first-order valence-corrected chi connectivity index (χ1v) is 6.98.